The Hall–Kier alpha value is -0.670. The smallest absolute Gasteiger partial charge is 0.0630 e. The Morgan fingerprint density at radius 1 is 1.50 bits per heavy atom. The molecule has 0 spiro atoms. The largest absolute Gasteiger partial charge is 0.349 e. The lowest BCUT2D eigenvalue weighted by Crippen LogP contribution is -1.82. The number of hydrogen-bond donors (Lipinski definition) is 0. The zero-order valence-electron chi connectivity index (χ0n) is 8.90. The highest BCUT2D eigenvalue weighted by Crippen LogP contribution is 2.30. The summed E-state index contributed by atoms with van der Waals surface area (Å²) in [5, 5.41) is 9.83. The monoisotopic (exact) mass is 342 g/mol. The highest BCUT2D eigenvalue weighted by Gasteiger charge is 2.06. The van der Waals surface area contributed by atoms with Crippen molar-refractivity contribution in [2.45, 2.75) is 11.3 Å². The molecule has 0 aliphatic heterocycles. The molecule has 0 aliphatic rings. The van der Waals surface area contributed by atoms with E-state index < -0.39 is 0 Å². The molecule has 1 aromatic heterocycles. The fourth-order valence-corrected chi connectivity index (χ4v) is 3.11. The van der Waals surface area contributed by atoms with Crippen molar-refractivity contribution in [2.75, 3.05) is 5.75 Å². The molecule has 4 heteroatoms. The number of hydrogen-bond acceptors (Lipinski definition) is 2. The molecule has 0 saturated carbocycles. The van der Waals surface area contributed by atoms with Crippen LogP contribution in [0.2, 0.25) is 0 Å². The van der Waals surface area contributed by atoms with Crippen LogP contribution in [0.3, 0.4) is 0 Å². The average Bonchev–Trinajstić information content (AvgIpc) is 2.56. The van der Waals surface area contributed by atoms with Gasteiger partial charge in [-0.3, -0.25) is 0 Å². The summed E-state index contributed by atoms with van der Waals surface area (Å²) < 4.78 is 3.39. The van der Waals surface area contributed by atoms with Crippen molar-refractivity contribution >= 4 is 45.3 Å². The molecule has 0 fully saturated rings. The van der Waals surface area contributed by atoms with Gasteiger partial charge in [0.25, 0.3) is 0 Å². The normalized spacial score (nSPS) is 10.6. The van der Waals surface area contributed by atoms with Gasteiger partial charge in [0.15, 0.2) is 0 Å². The number of aryl methyl sites for hydroxylation is 1. The van der Waals surface area contributed by atoms with Crippen LogP contribution in [0.25, 0.3) is 10.9 Å². The molecule has 0 atom stereocenters. The third kappa shape index (κ3) is 2.36. The maximum Gasteiger partial charge on any atom is 0.0630 e. The first-order valence-electron chi connectivity index (χ1n) is 4.96. The van der Waals surface area contributed by atoms with Gasteiger partial charge >= 0.3 is 0 Å². The molecule has 82 valence electrons. The van der Waals surface area contributed by atoms with Gasteiger partial charge in [-0.05, 0) is 40.8 Å². The van der Waals surface area contributed by atoms with Crippen molar-refractivity contribution in [3.8, 4) is 6.07 Å². The minimum Gasteiger partial charge on any atom is -0.349 e. The number of halogens is 1. The molecule has 2 aromatic rings. The molecule has 16 heavy (non-hydrogen) atoms. The van der Waals surface area contributed by atoms with Crippen molar-refractivity contribution in [3.63, 3.8) is 0 Å². The number of nitrogens with zero attached hydrogens (tertiary/aromatic N) is 2. The van der Waals surface area contributed by atoms with E-state index in [2.05, 4.69) is 64.7 Å². The Balaban J connectivity index is 2.38. The van der Waals surface area contributed by atoms with Crippen LogP contribution >= 0.6 is 34.4 Å². The first-order chi connectivity index (χ1) is 7.72. The molecule has 2 nitrogen and oxygen atoms in total. The Kier molecular flexibility index (Phi) is 3.77. The van der Waals surface area contributed by atoms with E-state index in [4.69, 9.17) is 5.26 Å². The zero-order valence-corrected chi connectivity index (χ0v) is 11.9. The van der Waals surface area contributed by atoms with Gasteiger partial charge in [-0.1, -0.05) is 0 Å². The van der Waals surface area contributed by atoms with Gasteiger partial charge in [0.05, 0.1) is 6.07 Å². The van der Waals surface area contributed by atoms with Crippen LogP contribution in [-0.4, -0.2) is 10.3 Å². The third-order valence-electron chi connectivity index (χ3n) is 2.39. The second-order valence-corrected chi connectivity index (χ2v) is 5.90. The lowest BCUT2D eigenvalue weighted by atomic mass is 10.2. The van der Waals surface area contributed by atoms with Crippen LogP contribution in [-0.2, 0) is 7.05 Å². The van der Waals surface area contributed by atoms with E-state index >= 15 is 0 Å². The van der Waals surface area contributed by atoms with Crippen molar-refractivity contribution in [2.24, 2.45) is 7.05 Å². The second kappa shape index (κ2) is 5.11. The Morgan fingerprint density at radius 2 is 2.31 bits per heavy atom. The van der Waals surface area contributed by atoms with E-state index in [1.165, 1.54) is 19.4 Å². The lowest BCUT2D eigenvalue weighted by molar-refractivity contribution is 0.957. The minimum absolute atomic E-state index is 0.602. The number of nitriles is 1. The molecular formula is C12H11IN2S. The van der Waals surface area contributed by atoms with Gasteiger partial charge in [0.1, 0.15) is 0 Å². The summed E-state index contributed by atoms with van der Waals surface area (Å²) in [7, 11) is 2.06. The number of thioether (sulfide) groups is 1. The number of fused-ring (bicyclic) bond motifs is 1. The van der Waals surface area contributed by atoms with E-state index in [-0.39, 0.29) is 0 Å². The Labute approximate surface area is 113 Å². The highest BCUT2D eigenvalue weighted by atomic mass is 127. The van der Waals surface area contributed by atoms with E-state index in [0.717, 1.165) is 5.75 Å². The van der Waals surface area contributed by atoms with Gasteiger partial charge in [0, 0.05) is 44.8 Å². The molecule has 0 aliphatic carbocycles. The van der Waals surface area contributed by atoms with Crippen molar-refractivity contribution in [1.29, 1.82) is 5.26 Å². The molecule has 2 rings (SSSR count). The predicted octanol–water partition coefficient (Wildman–Crippen LogP) is 3.79. The number of aromatic nitrogens is 1. The van der Waals surface area contributed by atoms with E-state index in [9.17, 15) is 0 Å². The lowest BCUT2D eigenvalue weighted by Gasteiger charge is -1.97. The minimum atomic E-state index is 0.602. The molecule has 1 heterocycles. The van der Waals surface area contributed by atoms with Crippen LogP contribution in [0.5, 0.6) is 0 Å². The third-order valence-corrected chi connectivity index (χ3v) is 4.10. The summed E-state index contributed by atoms with van der Waals surface area (Å²) in [4.78, 5) is 1.27. The standard InChI is InChI=1S/C12H11IN2S/c1-15-8-12(16-6-2-5-14)10-7-9(13)3-4-11(10)15/h3-4,7-8H,2,6H2,1H3. The van der Waals surface area contributed by atoms with E-state index in [1.807, 2.05) is 0 Å². The van der Waals surface area contributed by atoms with Crippen LogP contribution in [0.4, 0.5) is 0 Å². The Morgan fingerprint density at radius 3 is 3.06 bits per heavy atom. The number of rotatable bonds is 3. The summed E-state index contributed by atoms with van der Waals surface area (Å²) in [6.07, 6.45) is 2.74. The summed E-state index contributed by atoms with van der Waals surface area (Å²) in [5.41, 5.74) is 1.25. The molecule has 1 aromatic carbocycles. The van der Waals surface area contributed by atoms with Crippen LogP contribution < -0.4 is 0 Å². The zero-order chi connectivity index (χ0) is 11.5. The topological polar surface area (TPSA) is 28.7 Å². The SMILES string of the molecule is Cn1cc(SCCC#N)c2cc(I)ccc21. The predicted molar refractivity (Wildman–Crippen MR) is 76.6 cm³/mol. The summed E-state index contributed by atoms with van der Waals surface area (Å²) >= 11 is 4.09. The maximum atomic E-state index is 8.54. The quantitative estimate of drug-likeness (QED) is 0.482. The van der Waals surface area contributed by atoms with Crippen molar-refractivity contribution in [3.05, 3.63) is 28.0 Å². The molecule has 0 amide bonds. The molecular weight excluding hydrogens is 331 g/mol. The van der Waals surface area contributed by atoms with Crippen molar-refractivity contribution < 1.29 is 0 Å². The first kappa shape index (κ1) is 11.8. The molecule has 0 bridgehead atoms. The molecule has 0 unspecified atom stereocenters. The first-order valence-corrected chi connectivity index (χ1v) is 7.03. The van der Waals surface area contributed by atoms with Gasteiger partial charge in [0.2, 0.25) is 0 Å². The Bertz CT molecular complexity index is 554. The summed E-state index contributed by atoms with van der Waals surface area (Å²) in [5.74, 6) is 0.862. The molecule has 0 N–H and O–H groups in total. The fraction of sp³-hybridized carbons (Fsp3) is 0.250. The highest BCUT2D eigenvalue weighted by molar-refractivity contribution is 14.1. The summed E-state index contributed by atoms with van der Waals surface area (Å²) in [6, 6.07) is 8.64. The summed E-state index contributed by atoms with van der Waals surface area (Å²) in [6.45, 7) is 0. The van der Waals surface area contributed by atoms with Crippen LogP contribution in [0, 0.1) is 14.9 Å². The van der Waals surface area contributed by atoms with Crippen molar-refractivity contribution in [1.82, 2.24) is 4.57 Å². The molecule has 0 radical (unpaired) electrons. The van der Waals surface area contributed by atoms with Gasteiger partial charge in [-0.15, -0.1) is 11.8 Å². The van der Waals surface area contributed by atoms with E-state index in [1.54, 1.807) is 11.8 Å². The average molecular weight is 342 g/mol. The number of benzene rings is 1. The van der Waals surface area contributed by atoms with Crippen LogP contribution in [0.1, 0.15) is 6.42 Å². The second-order valence-electron chi connectivity index (χ2n) is 3.52. The van der Waals surface area contributed by atoms with Gasteiger partial charge < -0.3 is 4.57 Å². The molecule has 0 saturated heterocycles. The van der Waals surface area contributed by atoms with Gasteiger partial charge in [-0.2, -0.15) is 5.26 Å². The van der Waals surface area contributed by atoms with Crippen LogP contribution in [0.15, 0.2) is 29.3 Å². The fourth-order valence-electron chi connectivity index (χ4n) is 1.65. The van der Waals surface area contributed by atoms with E-state index in [0.29, 0.717) is 6.42 Å². The van der Waals surface area contributed by atoms with Gasteiger partial charge in [-0.25, -0.2) is 0 Å². The maximum absolute atomic E-state index is 8.54.